The highest BCUT2D eigenvalue weighted by Gasteiger charge is 2.30. The van der Waals surface area contributed by atoms with Crippen LogP contribution in [0.15, 0.2) is 59.6 Å². The van der Waals surface area contributed by atoms with Crippen molar-refractivity contribution in [2.24, 2.45) is 0 Å². The lowest BCUT2D eigenvalue weighted by molar-refractivity contribution is -0.137. The molecule has 0 saturated carbocycles. The van der Waals surface area contributed by atoms with E-state index in [2.05, 4.69) is 9.82 Å². The van der Waals surface area contributed by atoms with Gasteiger partial charge in [0, 0.05) is 22.4 Å². The summed E-state index contributed by atoms with van der Waals surface area (Å²) in [6.07, 6.45) is 3.33. The molecular weight excluding hydrogens is 432 g/mol. The molecule has 0 spiro atoms. The van der Waals surface area contributed by atoms with Gasteiger partial charge in [0.05, 0.1) is 17.9 Å². The summed E-state index contributed by atoms with van der Waals surface area (Å²) in [5.74, 6) is -1.39. The second kappa shape index (κ2) is 8.56. The first kappa shape index (κ1) is 21.7. The maximum absolute atomic E-state index is 13.2. The van der Waals surface area contributed by atoms with Gasteiger partial charge in [-0.2, -0.15) is 5.10 Å². The summed E-state index contributed by atoms with van der Waals surface area (Å²) >= 11 is 0. The van der Waals surface area contributed by atoms with Crippen molar-refractivity contribution < 1.29 is 23.1 Å². The van der Waals surface area contributed by atoms with E-state index in [0.717, 1.165) is 0 Å². The van der Waals surface area contributed by atoms with Crippen molar-refractivity contribution >= 4 is 27.5 Å². The van der Waals surface area contributed by atoms with E-state index in [1.165, 1.54) is 29.1 Å². The topological polar surface area (TPSA) is 144 Å². The van der Waals surface area contributed by atoms with E-state index >= 15 is 0 Å². The van der Waals surface area contributed by atoms with E-state index < -0.39 is 22.0 Å². The van der Waals surface area contributed by atoms with Crippen LogP contribution in [0.4, 0.5) is 5.69 Å². The maximum atomic E-state index is 13.2. The average molecular weight is 455 g/mol. The summed E-state index contributed by atoms with van der Waals surface area (Å²) in [6.45, 7) is -0.286. The molecule has 0 saturated heterocycles. The minimum atomic E-state index is -4.07. The van der Waals surface area contributed by atoms with Crippen molar-refractivity contribution in [3.05, 3.63) is 77.1 Å². The molecule has 0 fully saturated rings. The Balaban J connectivity index is 1.64. The second-order valence-electron chi connectivity index (χ2n) is 7.58. The van der Waals surface area contributed by atoms with Crippen LogP contribution in [0.25, 0.3) is 0 Å². The minimum absolute atomic E-state index is 0.109. The molecule has 4 N–H and O–H groups in total. The smallest absolute Gasteiger partial charge is 0.325 e. The van der Waals surface area contributed by atoms with Gasteiger partial charge in [-0.3, -0.25) is 14.3 Å². The van der Waals surface area contributed by atoms with Crippen LogP contribution >= 0.6 is 0 Å². The molecule has 9 nitrogen and oxygen atoms in total. The SMILES string of the molecule is Nc1c(C(=O)c2ccccc2)cccc1S(=O)(=O)NC1CCCc2c1cnn2CC(=O)O. The van der Waals surface area contributed by atoms with E-state index in [1.807, 2.05) is 0 Å². The zero-order chi connectivity index (χ0) is 22.9. The highest BCUT2D eigenvalue weighted by Crippen LogP contribution is 2.32. The number of nitrogens with two attached hydrogens (primary N) is 1. The molecule has 166 valence electrons. The van der Waals surface area contributed by atoms with Gasteiger partial charge in [-0.25, -0.2) is 13.1 Å². The predicted octanol–water partition coefficient (Wildman–Crippen LogP) is 2.14. The fourth-order valence-electron chi connectivity index (χ4n) is 3.98. The molecule has 1 unspecified atom stereocenters. The van der Waals surface area contributed by atoms with E-state index in [0.29, 0.717) is 36.1 Å². The number of nitrogen functional groups attached to an aromatic ring is 1. The van der Waals surface area contributed by atoms with Crippen molar-refractivity contribution in [2.75, 3.05) is 5.73 Å². The van der Waals surface area contributed by atoms with Crippen molar-refractivity contribution in [1.29, 1.82) is 0 Å². The molecule has 10 heteroatoms. The molecule has 0 amide bonds. The van der Waals surface area contributed by atoms with Crippen molar-refractivity contribution in [3.8, 4) is 0 Å². The number of fused-ring (bicyclic) bond motifs is 1. The highest BCUT2D eigenvalue weighted by atomic mass is 32.2. The molecule has 4 rings (SSSR count). The van der Waals surface area contributed by atoms with Crippen LogP contribution in [0.2, 0.25) is 0 Å². The van der Waals surface area contributed by atoms with Crippen LogP contribution in [0.3, 0.4) is 0 Å². The number of hydrogen-bond acceptors (Lipinski definition) is 6. The van der Waals surface area contributed by atoms with E-state index in [4.69, 9.17) is 10.8 Å². The Morgan fingerprint density at radius 2 is 1.91 bits per heavy atom. The molecule has 0 aliphatic heterocycles. The Labute approximate surface area is 184 Å². The minimum Gasteiger partial charge on any atom is -0.480 e. The number of carbonyl (C=O) groups excluding carboxylic acids is 1. The van der Waals surface area contributed by atoms with Gasteiger partial charge in [0.25, 0.3) is 0 Å². The Morgan fingerprint density at radius 1 is 1.16 bits per heavy atom. The number of carboxylic acid groups (broad SMARTS) is 1. The third-order valence-corrected chi connectivity index (χ3v) is 7.01. The molecular formula is C22H22N4O5S. The van der Waals surface area contributed by atoms with Gasteiger partial charge in [-0.15, -0.1) is 0 Å². The number of hydrogen-bond donors (Lipinski definition) is 3. The lowest BCUT2D eigenvalue weighted by Gasteiger charge is -2.24. The van der Waals surface area contributed by atoms with Crippen LogP contribution < -0.4 is 10.5 Å². The monoisotopic (exact) mass is 454 g/mol. The number of nitrogens with one attached hydrogen (secondary N) is 1. The van der Waals surface area contributed by atoms with Gasteiger partial charge in [0.1, 0.15) is 11.4 Å². The summed E-state index contributed by atoms with van der Waals surface area (Å²) in [7, 11) is -4.07. The first-order chi connectivity index (χ1) is 15.3. The van der Waals surface area contributed by atoms with Crippen LogP contribution in [0.5, 0.6) is 0 Å². The number of para-hydroxylation sites is 1. The average Bonchev–Trinajstić information content (AvgIpc) is 3.17. The number of aliphatic carboxylic acids is 1. The summed E-state index contributed by atoms with van der Waals surface area (Å²) in [6, 6.07) is 12.3. The van der Waals surface area contributed by atoms with Gasteiger partial charge in [0.2, 0.25) is 10.0 Å². The molecule has 1 aromatic heterocycles. The molecule has 2 aromatic carbocycles. The number of rotatable bonds is 7. The van der Waals surface area contributed by atoms with E-state index in [-0.39, 0.29) is 28.5 Å². The number of aromatic nitrogens is 2. The number of carboxylic acids is 1. The fraction of sp³-hybridized carbons (Fsp3) is 0.227. The Kier molecular flexibility index (Phi) is 5.81. The van der Waals surface area contributed by atoms with Crippen molar-refractivity contribution in [1.82, 2.24) is 14.5 Å². The summed E-state index contributed by atoms with van der Waals surface area (Å²) < 4.78 is 30.4. The van der Waals surface area contributed by atoms with E-state index in [9.17, 15) is 18.0 Å². The van der Waals surface area contributed by atoms with Gasteiger partial charge in [-0.1, -0.05) is 36.4 Å². The number of carbonyl (C=O) groups is 2. The summed E-state index contributed by atoms with van der Waals surface area (Å²) in [5, 5.41) is 13.2. The molecule has 0 radical (unpaired) electrons. The van der Waals surface area contributed by atoms with Crippen LogP contribution in [-0.2, 0) is 27.8 Å². The second-order valence-corrected chi connectivity index (χ2v) is 9.26. The molecule has 1 atom stereocenters. The predicted molar refractivity (Wildman–Crippen MR) is 117 cm³/mol. The number of nitrogens with zero attached hydrogens (tertiary/aromatic N) is 2. The maximum Gasteiger partial charge on any atom is 0.325 e. The van der Waals surface area contributed by atoms with Gasteiger partial charge >= 0.3 is 5.97 Å². The summed E-state index contributed by atoms with van der Waals surface area (Å²) in [4.78, 5) is 23.7. The zero-order valence-electron chi connectivity index (χ0n) is 17.1. The number of ketones is 1. The third kappa shape index (κ3) is 4.14. The fourth-order valence-corrected chi connectivity index (χ4v) is 5.38. The first-order valence-corrected chi connectivity index (χ1v) is 11.5. The molecule has 3 aromatic rings. The van der Waals surface area contributed by atoms with Gasteiger partial charge in [0.15, 0.2) is 5.78 Å². The van der Waals surface area contributed by atoms with Gasteiger partial charge in [-0.05, 0) is 31.4 Å². The van der Waals surface area contributed by atoms with Crippen molar-refractivity contribution in [2.45, 2.75) is 36.7 Å². The summed E-state index contributed by atoms with van der Waals surface area (Å²) in [5.41, 5.74) is 7.89. The Morgan fingerprint density at radius 3 is 2.62 bits per heavy atom. The molecule has 1 heterocycles. The largest absolute Gasteiger partial charge is 0.480 e. The van der Waals surface area contributed by atoms with Crippen LogP contribution in [-0.4, -0.2) is 35.1 Å². The third-order valence-electron chi connectivity index (χ3n) is 5.48. The number of anilines is 1. The Bertz CT molecular complexity index is 1280. The normalized spacial score (nSPS) is 15.8. The molecule has 32 heavy (non-hydrogen) atoms. The zero-order valence-corrected chi connectivity index (χ0v) is 17.9. The number of sulfonamides is 1. The molecule has 1 aliphatic carbocycles. The first-order valence-electron chi connectivity index (χ1n) is 10.0. The van der Waals surface area contributed by atoms with Crippen LogP contribution in [0, 0.1) is 0 Å². The lowest BCUT2D eigenvalue weighted by atomic mass is 9.94. The molecule has 1 aliphatic rings. The molecule has 0 bridgehead atoms. The van der Waals surface area contributed by atoms with E-state index in [1.54, 1.807) is 30.3 Å². The highest BCUT2D eigenvalue weighted by molar-refractivity contribution is 7.89. The quantitative estimate of drug-likeness (QED) is 0.366. The Hall–Kier alpha value is -3.50. The standard InChI is InChI=1S/C22H22N4O5S/c23-21-15(22(29)14-6-2-1-3-7-14)8-4-11-19(21)32(30,31)25-17-9-5-10-18-16(17)12-24-26(18)13-20(27)28/h1-4,6-8,11-12,17,25H,5,9-10,13,23H2,(H,27,28). The number of benzene rings is 2. The lowest BCUT2D eigenvalue weighted by Crippen LogP contribution is -2.32. The van der Waals surface area contributed by atoms with Crippen LogP contribution in [0.1, 0.15) is 46.1 Å². The van der Waals surface area contributed by atoms with Gasteiger partial charge < -0.3 is 10.8 Å². The van der Waals surface area contributed by atoms with Crippen molar-refractivity contribution in [3.63, 3.8) is 0 Å².